The molecule has 0 amide bonds. The molecule has 0 unspecified atom stereocenters. The zero-order valence-corrected chi connectivity index (χ0v) is 12.7. The fourth-order valence-corrected chi connectivity index (χ4v) is 2.72. The lowest BCUT2D eigenvalue weighted by Gasteiger charge is -2.13. The van der Waals surface area contributed by atoms with Crippen LogP contribution in [0.1, 0.15) is 35.5 Å². The maximum absolute atomic E-state index is 10.0. The fraction of sp³-hybridized carbons (Fsp3) is 0.278. The van der Waals surface area contributed by atoms with Crippen molar-refractivity contribution in [3.63, 3.8) is 0 Å². The van der Waals surface area contributed by atoms with E-state index in [2.05, 4.69) is 47.7 Å². The smallest absolute Gasteiger partial charge is 0.138 e. The summed E-state index contributed by atoms with van der Waals surface area (Å²) in [5, 5.41) is 10.0. The molecule has 1 N–H and O–H groups in total. The molecule has 0 spiro atoms. The summed E-state index contributed by atoms with van der Waals surface area (Å²) < 4.78 is 2.11. The number of nitrogens with zero attached hydrogens (tertiary/aromatic N) is 2. The molecule has 0 saturated heterocycles. The largest absolute Gasteiger partial charge is 0.385 e. The van der Waals surface area contributed by atoms with Gasteiger partial charge in [0.25, 0.3) is 0 Å². The molecule has 1 heterocycles. The van der Waals surface area contributed by atoms with E-state index in [1.807, 2.05) is 18.2 Å². The van der Waals surface area contributed by atoms with Crippen LogP contribution in [0.3, 0.4) is 0 Å². The van der Waals surface area contributed by atoms with E-state index in [1.165, 1.54) is 16.7 Å². The van der Waals surface area contributed by atoms with Crippen LogP contribution in [-0.2, 0) is 6.54 Å². The number of hydrogen-bond acceptors (Lipinski definition) is 2. The number of para-hydroxylation sites is 2. The Balaban J connectivity index is 2.15. The first kappa shape index (κ1) is 13.8. The molecule has 0 aliphatic rings. The van der Waals surface area contributed by atoms with Gasteiger partial charge in [-0.3, -0.25) is 0 Å². The summed E-state index contributed by atoms with van der Waals surface area (Å²) in [5.41, 5.74) is 5.77. The molecular weight excluding hydrogens is 260 g/mol. The van der Waals surface area contributed by atoms with E-state index >= 15 is 0 Å². The van der Waals surface area contributed by atoms with E-state index in [1.54, 1.807) is 6.92 Å². The summed E-state index contributed by atoms with van der Waals surface area (Å²) in [6, 6.07) is 14.5. The number of benzene rings is 2. The van der Waals surface area contributed by atoms with E-state index in [4.69, 9.17) is 0 Å². The Morgan fingerprint density at radius 3 is 2.67 bits per heavy atom. The SMILES string of the molecule is Cc1ccc(C)c(Cn2c([C@@H](C)O)nc3ccccc32)c1. The van der Waals surface area contributed by atoms with Gasteiger partial charge in [0.15, 0.2) is 0 Å². The lowest BCUT2D eigenvalue weighted by Crippen LogP contribution is -2.09. The number of fused-ring (bicyclic) bond motifs is 1. The quantitative estimate of drug-likeness (QED) is 0.793. The maximum Gasteiger partial charge on any atom is 0.138 e. The van der Waals surface area contributed by atoms with Crippen LogP contribution >= 0.6 is 0 Å². The Kier molecular flexibility index (Phi) is 3.52. The van der Waals surface area contributed by atoms with E-state index in [0.717, 1.165) is 23.4 Å². The summed E-state index contributed by atoms with van der Waals surface area (Å²) in [7, 11) is 0. The van der Waals surface area contributed by atoms with Crippen molar-refractivity contribution < 1.29 is 5.11 Å². The van der Waals surface area contributed by atoms with Gasteiger partial charge in [-0.05, 0) is 44.0 Å². The first-order chi connectivity index (χ1) is 10.1. The summed E-state index contributed by atoms with van der Waals surface area (Å²) >= 11 is 0. The Morgan fingerprint density at radius 2 is 1.90 bits per heavy atom. The van der Waals surface area contributed by atoms with Crippen LogP contribution < -0.4 is 0 Å². The zero-order valence-electron chi connectivity index (χ0n) is 12.7. The highest BCUT2D eigenvalue weighted by molar-refractivity contribution is 5.76. The van der Waals surface area contributed by atoms with E-state index in [0.29, 0.717) is 0 Å². The fourth-order valence-electron chi connectivity index (χ4n) is 2.72. The van der Waals surface area contributed by atoms with E-state index < -0.39 is 6.10 Å². The van der Waals surface area contributed by atoms with Crippen LogP contribution in [0.25, 0.3) is 11.0 Å². The monoisotopic (exact) mass is 280 g/mol. The Labute approximate surface area is 124 Å². The van der Waals surface area contributed by atoms with Crippen molar-refractivity contribution in [2.75, 3.05) is 0 Å². The normalized spacial score (nSPS) is 12.8. The van der Waals surface area contributed by atoms with Gasteiger partial charge in [-0.1, -0.05) is 35.9 Å². The molecule has 3 aromatic rings. The predicted octanol–water partition coefficient (Wildman–Crippen LogP) is 3.75. The van der Waals surface area contributed by atoms with Gasteiger partial charge in [0, 0.05) is 6.54 Å². The predicted molar refractivity (Wildman–Crippen MR) is 85.4 cm³/mol. The third-order valence-electron chi connectivity index (χ3n) is 3.89. The van der Waals surface area contributed by atoms with Crippen LogP contribution in [0.4, 0.5) is 0 Å². The van der Waals surface area contributed by atoms with Gasteiger partial charge in [0.05, 0.1) is 11.0 Å². The zero-order chi connectivity index (χ0) is 15.0. The van der Waals surface area contributed by atoms with Crippen LogP contribution in [-0.4, -0.2) is 14.7 Å². The molecular formula is C18H20N2O. The molecule has 108 valence electrons. The first-order valence-corrected chi connectivity index (χ1v) is 7.25. The van der Waals surface area contributed by atoms with Crippen molar-refractivity contribution in [3.05, 3.63) is 65.0 Å². The van der Waals surface area contributed by atoms with Gasteiger partial charge in [-0.15, -0.1) is 0 Å². The minimum atomic E-state index is -0.581. The van der Waals surface area contributed by atoms with Gasteiger partial charge >= 0.3 is 0 Å². The molecule has 0 bridgehead atoms. The molecule has 3 heteroatoms. The second-order valence-corrected chi connectivity index (χ2v) is 5.65. The highest BCUT2D eigenvalue weighted by Crippen LogP contribution is 2.23. The summed E-state index contributed by atoms with van der Waals surface area (Å²) in [4.78, 5) is 4.57. The molecule has 2 aromatic carbocycles. The topological polar surface area (TPSA) is 38.0 Å². The molecule has 3 rings (SSSR count). The summed E-state index contributed by atoms with van der Waals surface area (Å²) in [5.74, 6) is 0.720. The average Bonchev–Trinajstić information content (AvgIpc) is 2.82. The van der Waals surface area contributed by atoms with Crippen molar-refractivity contribution in [1.82, 2.24) is 9.55 Å². The molecule has 0 saturated carbocycles. The summed E-state index contributed by atoms with van der Waals surface area (Å²) in [6.07, 6.45) is -0.581. The molecule has 0 aliphatic heterocycles. The number of hydrogen-bond donors (Lipinski definition) is 1. The number of aliphatic hydroxyl groups is 1. The van der Waals surface area contributed by atoms with Crippen LogP contribution in [0, 0.1) is 13.8 Å². The van der Waals surface area contributed by atoms with Gasteiger partial charge in [-0.25, -0.2) is 4.98 Å². The van der Waals surface area contributed by atoms with Crippen molar-refractivity contribution >= 4 is 11.0 Å². The standard InChI is InChI=1S/C18H20N2O/c1-12-8-9-13(2)15(10-12)11-20-17-7-5-4-6-16(17)19-18(20)14(3)21/h4-10,14,21H,11H2,1-3H3/t14-/m1/s1. The molecule has 0 radical (unpaired) electrons. The van der Waals surface area contributed by atoms with Crippen molar-refractivity contribution in [1.29, 1.82) is 0 Å². The van der Waals surface area contributed by atoms with Gasteiger partial charge in [0.2, 0.25) is 0 Å². The third-order valence-corrected chi connectivity index (χ3v) is 3.89. The summed E-state index contributed by atoms with van der Waals surface area (Å²) in [6.45, 7) is 6.72. The molecule has 1 aromatic heterocycles. The number of aryl methyl sites for hydroxylation is 2. The Hall–Kier alpha value is -2.13. The first-order valence-electron chi connectivity index (χ1n) is 7.25. The van der Waals surface area contributed by atoms with Crippen LogP contribution in [0.15, 0.2) is 42.5 Å². The maximum atomic E-state index is 10.0. The second-order valence-electron chi connectivity index (χ2n) is 5.65. The van der Waals surface area contributed by atoms with Crippen molar-refractivity contribution in [2.45, 2.75) is 33.4 Å². The molecule has 0 aliphatic carbocycles. The lowest BCUT2D eigenvalue weighted by molar-refractivity contribution is 0.185. The van der Waals surface area contributed by atoms with Gasteiger partial charge in [-0.2, -0.15) is 0 Å². The van der Waals surface area contributed by atoms with Gasteiger partial charge < -0.3 is 9.67 Å². The van der Waals surface area contributed by atoms with Crippen LogP contribution in [0.2, 0.25) is 0 Å². The van der Waals surface area contributed by atoms with Crippen molar-refractivity contribution in [3.8, 4) is 0 Å². The molecule has 0 fully saturated rings. The molecule has 21 heavy (non-hydrogen) atoms. The molecule has 3 nitrogen and oxygen atoms in total. The number of aromatic nitrogens is 2. The van der Waals surface area contributed by atoms with E-state index in [9.17, 15) is 5.11 Å². The Bertz CT molecular complexity index is 787. The minimum Gasteiger partial charge on any atom is -0.385 e. The third kappa shape index (κ3) is 2.57. The highest BCUT2D eigenvalue weighted by Gasteiger charge is 2.15. The van der Waals surface area contributed by atoms with Crippen LogP contribution in [0.5, 0.6) is 0 Å². The molecule has 1 atom stereocenters. The van der Waals surface area contributed by atoms with E-state index in [-0.39, 0.29) is 0 Å². The number of rotatable bonds is 3. The Morgan fingerprint density at radius 1 is 1.14 bits per heavy atom. The average molecular weight is 280 g/mol. The highest BCUT2D eigenvalue weighted by atomic mass is 16.3. The number of aliphatic hydroxyl groups excluding tert-OH is 1. The number of imidazole rings is 1. The second kappa shape index (κ2) is 5.34. The van der Waals surface area contributed by atoms with Gasteiger partial charge in [0.1, 0.15) is 11.9 Å². The van der Waals surface area contributed by atoms with Crippen molar-refractivity contribution in [2.24, 2.45) is 0 Å². The lowest BCUT2D eigenvalue weighted by atomic mass is 10.1. The minimum absolute atomic E-state index is 0.581.